The van der Waals surface area contributed by atoms with E-state index >= 15 is 0 Å². The minimum atomic E-state index is -0.632. The van der Waals surface area contributed by atoms with Gasteiger partial charge in [-0.25, -0.2) is 0 Å². The molecule has 1 heterocycles. The minimum Gasteiger partial charge on any atom is -0.496 e. The lowest BCUT2D eigenvalue weighted by Gasteiger charge is -2.36. The average molecular weight is 684 g/mol. The molecule has 5 N–H and O–H groups in total. The predicted molar refractivity (Wildman–Crippen MR) is 194 cm³/mol. The lowest BCUT2D eigenvalue weighted by atomic mass is 10.0. The molecule has 4 aromatic carbocycles. The molecule has 258 valence electrons. The van der Waals surface area contributed by atoms with E-state index in [-0.39, 0.29) is 30.6 Å². The molecule has 0 spiro atoms. The number of carbonyl (C=O) groups is 2. The van der Waals surface area contributed by atoms with Crippen molar-refractivity contribution in [2.24, 2.45) is 0 Å². The summed E-state index contributed by atoms with van der Waals surface area (Å²) in [6.45, 7) is -0.0155. The van der Waals surface area contributed by atoms with Crippen molar-refractivity contribution in [3.63, 3.8) is 0 Å². The fourth-order valence-corrected chi connectivity index (χ4v) is 6.73. The van der Waals surface area contributed by atoms with E-state index < -0.39 is 6.29 Å². The van der Waals surface area contributed by atoms with Gasteiger partial charge in [-0.3, -0.25) is 9.59 Å². The third kappa shape index (κ3) is 10.8. The van der Waals surface area contributed by atoms with E-state index in [2.05, 4.69) is 10.6 Å². The Morgan fingerprint density at radius 3 is 2.29 bits per heavy atom. The molecule has 0 aliphatic carbocycles. The summed E-state index contributed by atoms with van der Waals surface area (Å²) < 4.78 is 18.6. The number of nitrogen functional groups attached to an aromatic ring is 1. The summed E-state index contributed by atoms with van der Waals surface area (Å²) in [5.41, 5.74) is 10.4. The molecule has 0 radical (unpaired) electrons. The SMILES string of the molecule is COc1ccccc1SCC1CC(c2ccc(CO)cc2)OC(c2cccc(NC(=O)CCCCCCC(=O)Nc3ccccc3N)c2)O1. The molecular weight excluding hydrogens is 639 g/mol. The number of benzene rings is 4. The van der Waals surface area contributed by atoms with Gasteiger partial charge in [0.15, 0.2) is 6.29 Å². The van der Waals surface area contributed by atoms with Crippen molar-refractivity contribution in [1.29, 1.82) is 0 Å². The summed E-state index contributed by atoms with van der Waals surface area (Å²) in [7, 11) is 1.67. The summed E-state index contributed by atoms with van der Waals surface area (Å²) in [6, 6.07) is 30.6. The molecule has 1 saturated heterocycles. The van der Waals surface area contributed by atoms with E-state index in [1.54, 1.807) is 31.0 Å². The summed E-state index contributed by atoms with van der Waals surface area (Å²) in [5.74, 6) is 1.41. The molecule has 3 unspecified atom stereocenters. The standard InChI is InChI=1S/C39H45N3O6S/c1-46-34-15-8-9-16-36(34)49-26-31-24-35(28-21-19-27(25-43)20-22-28)48-39(47-31)29-11-10-12-30(23-29)41-37(44)17-4-2-3-5-18-38(45)42-33-14-7-6-13-32(33)40/h6-16,19-23,31,35,39,43H,2-5,17-18,24-26,40H2,1H3,(H,41,44)(H,42,45). The van der Waals surface area contributed by atoms with Gasteiger partial charge >= 0.3 is 0 Å². The molecule has 0 aromatic heterocycles. The van der Waals surface area contributed by atoms with E-state index in [1.807, 2.05) is 84.9 Å². The fraction of sp³-hybridized carbons (Fsp3) is 0.333. The minimum absolute atomic E-state index is 0.0155. The van der Waals surface area contributed by atoms with Crippen LogP contribution < -0.4 is 21.1 Å². The number of nitrogens with one attached hydrogen (secondary N) is 2. The van der Waals surface area contributed by atoms with Gasteiger partial charge in [0, 0.05) is 41.2 Å². The Bertz CT molecular complexity index is 1670. The molecule has 0 saturated carbocycles. The molecule has 1 fully saturated rings. The maximum absolute atomic E-state index is 12.8. The monoisotopic (exact) mass is 683 g/mol. The third-order valence-corrected chi connectivity index (χ3v) is 9.53. The summed E-state index contributed by atoms with van der Waals surface area (Å²) in [6.07, 6.45) is 3.70. The highest BCUT2D eigenvalue weighted by Gasteiger charge is 2.32. The number of thioether (sulfide) groups is 1. The predicted octanol–water partition coefficient (Wildman–Crippen LogP) is 8.03. The van der Waals surface area contributed by atoms with E-state index in [9.17, 15) is 14.7 Å². The number of unbranched alkanes of at least 4 members (excludes halogenated alkanes) is 3. The number of para-hydroxylation sites is 3. The second-order valence-electron chi connectivity index (χ2n) is 12.0. The molecule has 0 bridgehead atoms. The number of anilines is 3. The number of aliphatic hydroxyl groups excluding tert-OH is 1. The molecule has 1 aliphatic heterocycles. The number of hydrogen-bond donors (Lipinski definition) is 4. The Kier molecular flexibility index (Phi) is 13.5. The van der Waals surface area contributed by atoms with Crippen molar-refractivity contribution in [3.05, 3.63) is 114 Å². The zero-order chi connectivity index (χ0) is 34.4. The second-order valence-corrected chi connectivity index (χ2v) is 13.1. The zero-order valence-electron chi connectivity index (χ0n) is 27.8. The molecule has 3 atom stereocenters. The van der Waals surface area contributed by atoms with Crippen LogP contribution in [0.1, 0.15) is 74.0 Å². The summed E-state index contributed by atoms with van der Waals surface area (Å²) in [4.78, 5) is 26.1. The van der Waals surface area contributed by atoms with Crippen LogP contribution >= 0.6 is 11.8 Å². The first-order valence-electron chi connectivity index (χ1n) is 16.7. The largest absolute Gasteiger partial charge is 0.496 e. The van der Waals surface area contributed by atoms with Crippen LogP contribution in [0.4, 0.5) is 17.1 Å². The Morgan fingerprint density at radius 1 is 0.837 bits per heavy atom. The second kappa shape index (κ2) is 18.4. The molecule has 1 aliphatic rings. The average Bonchev–Trinajstić information content (AvgIpc) is 3.13. The molecule has 2 amide bonds. The molecule has 9 nitrogen and oxygen atoms in total. The van der Waals surface area contributed by atoms with Gasteiger partial charge in [-0.2, -0.15) is 0 Å². The van der Waals surface area contributed by atoms with E-state index in [0.717, 1.165) is 53.0 Å². The summed E-state index contributed by atoms with van der Waals surface area (Å²) >= 11 is 1.68. The van der Waals surface area contributed by atoms with Gasteiger partial charge in [-0.1, -0.05) is 73.5 Å². The van der Waals surface area contributed by atoms with Crippen molar-refractivity contribution in [2.45, 2.75) is 74.9 Å². The molecule has 4 aromatic rings. The van der Waals surface area contributed by atoms with Crippen LogP contribution in [-0.2, 0) is 25.7 Å². The van der Waals surface area contributed by atoms with Crippen LogP contribution in [0.2, 0.25) is 0 Å². The molecule has 10 heteroatoms. The lowest BCUT2D eigenvalue weighted by Crippen LogP contribution is -2.31. The first-order chi connectivity index (χ1) is 23.9. The molecule has 49 heavy (non-hydrogen) atoms. The van der Waals surface area contributed by atoms with Crippen LogP contribution in [0.5, 0.6) is 5.75 Å². The van der Waals surface area contributed by atoms with Gasteiger partial charge in [0.05, 0.1) is 37.3 Å². The number of aliphatic hydroxyl groups is 1. The Morgan fingerprint density at radius 2 is 1.55 bits per heavy atom. The van der Waals surface area contributed by atoms with Crippen molar-refractivity contribution in [1.82, 2.24) is 0 Å². The Hall–Kier alpha value is -4.35. The van der Waals surface area contributed by atoms with Crippen LogP contribution in [-0.4, -0.2) is 35.9 Å². The maximum atomic E-state index is 12.8. The van der Waals surface area contributed by atoms with E-state index in [4.69, 9.17) is 19.9 Å². The van der Waals surface area contributed by atoms with Gasteiger partial charge < -0.3 is 35.7 Å². The van der Waals surface area contributed by atoms with Crippen molar-refractivity contribution < 1.29 is 28.9 Å². The van der Waals surface area contributed by atoms with Gasteiger partial charge in [0.2, 0.25) is 11.8 Å². The molecular formula is C39H45N3O6S. The van der Waals surface area contributed by atoms with Gasteiger partial charge in [-0.15, -0.1) is 11.8 Å². The van der Waals surface area contributed by atoms with Crippen molar-refractivity contribution in [3.8, 4) is 5.75 Å². The number of rotatable bonds is 16. The molecule has 5 rings (SSSR count). The van der Waals surface area contributed by atoms with Crippen LogP contribution in [0.25, 0.3) is 0 Å². The van der Waals surface area contributed by atoms with E-state index in [1.165, 1.54) is 0 Å². The van der Waals surface area contributed by atoms with Crippen LogP contribution in [0, 0.1) is 0 Å². The zero-order valence-corrected chi connectivity index (χ0v) is 28.6. The van der Waals surface area contributed by atoms with Crippen LogP contribution in [0.15, 0.2) is 102 Å². The van der Waals surface area contributed by atoms with Gasteiger partial charge in [0.25, 0.3) is 0 Å². The lowest BCUT2D eigenvalue weighted by molar-refractivity contribution is -0.245. The number of methoxy groups -OCH3 is 1. The number of amides is 2. The highest BCUT2D eigenvalue weighted by molar-refractivity contribution is 7.99. The third-order valence-electron chi connectivity index (χ3n) is 8.34. The number of carbonyl (C=O) groups excluding carboxylic acids is 2. The normalized spacial score (nSPS) is 17.3. The quantitative estimate of drug-likeness (QED) is 0.0530. The number of hydrogen-bond acceptors (Lipinski definition) is 8. The smallest absolute Gasteiger partial charge is 0.224 e. The first kappa shape index (κ1) is 35.9. The topological polar surface area (TPSA) is 132 Å². The summed E-state index contributed by atoms with van der Waals surface area (Å²) in [5, 5.41) is 15.4. The Labute approximate surface area is 292 Å². The number of ether oxygens (including phenoxy) is 3. The van der Waals surface area contributed by atoms with Crippen molar-refractivity contribution >= 4 is 40.6 Å². The van der Waals surface area contributed by atoms with E-state index in [0.29, 0.717) is 42.1 Å². The maximum Gasteiger partial charge on any atom is 0.224 e. The van der Waals surface area contributed by atoms with Gasteiger partial charge in [0.1, 0.15) is 5.75 Å². The number of nitrogens with two attached hydrogens (primary N) is 1. The fourth-order valence-electron chi connectivity index (χ4n) is 5.68. The Balaban J connectivity index is 1.13. The highest BCUT2D eigenvalue weighted by atomic mass is 32.2. The highest BCUT2D eigenvalue weighted by Crippen LogP contribution is 2.40. The van der Waals surface area contributed by atoms with Crippen molar-refractivity contribution in [2.75, 3.05) is 29.2 Å². The first-order valence-corrected chi connectivity index (χ1v) is 17.7. The van der Waals surface area contributed by atoms with Crippen LogP contribution in [0.3, 0.4) is 0 Å². The van der Waals surface area contributed by atoms with Gasteiger partial charge in [-0.05, 0) is 60.4 Å².